The predicted octanol–water partition coefficient (Wildman–Crippen LogP) is 4.81. The number of benzene rings is 2. The van der Waals surface area contributed by atoms with Crippen molar-refractivity contribution in [3.8, 4) is 0 Å². The molecule has 4 nitrogen and oxygen atoms in total. The Labute approximate surface area is 163 Å². The molecular weight excluding hydrogens is 422 g/mol. The van der Waals surface area contributed by atoms with Crippen LogP contribution in [-0.2, 0) is 0 Å². The first kappa shape index (κ1) is 16.9. The van der Waals surface area contributed by atoms with Crippen LogP contribution in [0.3, 0.4) is 0 Å². The maximum Gasteiger partial charge on any atom is 0.255 e. The molecule has 2 heterocycles. The Kier molecular flexibility index (Phi) is 4.75. The van der Waals surface area contributed by atoms with E-state index in [1.165, 1.54) is 0 Å². The average molecular weight is 437 g/mol. The summed E-state index contributed by atoms with van der Waals surface area (Å²) in [5.74, 6) is 0.960. The van der Waals surface area contributed by atoms with E-state index in [2.05, 4.69) is 32.2 Å². The molecule has 1 atom stereocenters. The Morgan fingerprint density at radius 2 is 2.08 bits per heavy atom. The Hall–Kier alpha value is -1.50. The van der Waals surface area contributed by atoms with E-state index < -0.39 is 0 Å². The van der Waals surface area contributed by atoms with Crippen LogP contribution in [0.2, 0.25) is 5.02 Å². The van der Waals surface area contributed by atoms with E-state index in [9.17, 15) is 4.79 Å². The zero-order valence-corrected chi connectivity index (χ0v) is 16.4. The van der Waals surface area contributed by atoms with Gasteiger partial charge in [-0.25, -0.2) is 0 Å². The molecule has 0 bridgehead atoms. The van der Waals surface area contributed by atoms with Gasteiger partial charge in [0.1, 0.15) is 0 Å². The van der Waals surface area contributed by atoms with Crippen LogP contribution in [0.15, 0.2) is 51.9 Å². The summed E-state index contributed by atoms with van der Waals surface area (Å²) in [6, 6.07) is 12.9. The van der Waals surface area contributed by atoms with Crippen molar-refractivity contribution >= 4 is 56.1 Å². The maximum absolute atomic E-state index is 12.4. The molecule has 0 aromatic heterocycles. The number of anilines is 1. The van der Waals surface area contributed by atoms with E-state index in [1.54, 1.807) is 24.3 Å². The quantitative estimate of drug-likeness (QED) is 0.750. The second-order valence-electron chi connectivity index (χ2n) is 5.96. The lowest BCUT2D eigenvalue weighted by Gasteiger charge is -2.14. The predicted molar refractivity (Wildman–Crippen MR) is 108 cm³/mol. The fraction of sp³-hybridized carbons (Fsp3) is 0.222. The molecule has 1 amide bonds. The third-order valence-corrected chi connectivity index (χ3v) is 5.91. The average Bonchev–Trinajstić information content (AvgIpc) is 3.16. The zero-order valence-electron chi connectivity index (χ0n) is 13.2. The number of halogens is 2. The molecule has 25 heavy (non-hydrogen) atoms. The van der Waals surface area contributed by atoms with Gasteiger partial charge in [0.25, 0.3) is 5.91 Å². The molecule has 2 aromatic rings. The lowest BCUT2D eigenvalue weighted by atomic mass is 10.1. The minimum atomic E-state index is -0.158. The third-order valence-electron chi connectivity index (χ3n) is 4.19. The SMILES string of the molecule is O=C(Nc1cc(Br)cc(C2CN3CCSC3=N2)c1)c1ccc(Cl)cc1. The number of rotatable bonds is 3. The summed E-state index contributed by atoms with van der Waals surface area (Å²) >= 11 is 11.2. The van der Waals surface area contributed by atoms with Crippen LogP contribution < -0.4 is 5.32 Å². The minimum absolute atomic E-state index is 0.117. The van der Waals surface area contributed by atoms with E-state index >= 15 is 0 Å². The Morgan fingerprint density at radius 1 is 1.28 bits per heavy atom. The van der Waals surface area contributed by atoms with Crippen LogP contribution in [0, 0.1) is 0 Å². The summed E-state index contributed by atoms with van der Waals surface area (Å²) in [6.07, 6.45) is 0. The molecule has 128 valence electrons. The van der Waals surface area contributed by atoms with Gasteiger partial charge in [0, 0.05) is 39.6 Å². The number of carbonyl (C=O) groups excluding carboxylic acids is 1. The van der Waals surface area contributed by atoms with E-state index in [-0.39, 0.29) is 11.9 Å². The van der Waals surface area contributed by atoms with Crippen molar-refractivity contribution in [3.05, 3.63) is 63.1 Å². The van der Waals surface area contributed by atoms with Crippen molar-refractivity contribution in [1.82, 2.24) is 4.90 Å². The van der Waals surface area contributed by atoms with Crippen molar-refractivity contribution in [2.24, 2.45) is 4.99 Å². The first-order valence-corrected chi connectivity index (χ1v) is 10.1. The monoisotopic (exact) mass is 435 g/mol. The van der Waals surface area contributed by atoms with Gasteiger partial charge in [-0.05, 0) is 48.0 Å². The van der Waals surface area contributed by atoms with Gasteiger partial charge >= 0.3 is 0 Å². The summed E-state index contributed by atoms with van der Waals surface area (Å²) in [4.78, 5) is 19.5. The lowest BCUT2D eigenvalue weighted by molar-refractivity contribution is 0.102. The second-order valence-corrected chi connectivity index (χ2v) is 8.37. The molecule has 2 aliphatic rings. The lowest BCUT2D eigenvalue weighted by Crippen LogP contribution is -2.21. The number of carbonyl (C=O) groups is 1. The number of amidine groups is 1. The van der Waals surface area contributed by atoms with Gasteiger partial charge in [-0.3, -0.25) is 9.79 Å². The summed E-state index contributed by atoms with van der Waals surface area (Å²) in [5, 5.41) is 4.70. The number of thioether (sulfide) groups is 1. The number of fused-ring (bicyclic) bond motifs is 1. The van der Waals surface area contributed by atoms with E-state index in [0.717, 1.165) is 39.7 Å². The van der Waals surface area contributed by atoms with Crippen molar-refractivity contribution in [1.29, 1.82) is 0 Å². The van der Waals surface area contributed by atoms with Gasteiger partial charge < -0.3 is 10.2 Å². The second kappa shape index (κ2) is 7.02. The summed E-state index contributed by atoms with van der Waals surface area (Å²) in [7, 11) is 0. The molecule has 1 unspecified atom stereocenters. The summed E-state index contributed by atoms with van der Waals surface area (Å²) in [5.41, 5.74) is 2.43. The van der Waals surface area contributed by atoms with E-state index in [4.69, 9.17) is 16.6 Å². The Bertz CT molecular complexity index is 856. The molecule has 1 fully saturated rings. The Morgan fingerprint density at radius 3 is 2.84 bits per heavy atom. The highest BCUT2D eigenvalue weighted by molar-refractivity contribution is 9.10. The Balaban J connectivity index is 1.55. The molecule has 0 spiro atoms. The van der Waals surface area contributed by atoms with Gasteiger partial charge in [-0.2, -0.15) is 0 Å². The fourth-order valence-corrected chi connectivity index (χ4v) is 4.65. The van der Waals surface area contributed by atoms with Crippen LogP contribution >= 0.6 is 39.3 Å². The summed E-state index contributed by atoms with van der Waals surface area (Å²) in [6.45, 7) is 1.97. The molecule has 0 radical (unpaired) electrons. The maximum atomic E-state index is 12.4. The molecule has 7 heteroatoms. The van der Waals surface area contributed by atoms with Crippen LogP contribution in [0.25, 0.3) is 0 Å². The van der Waals surface area contributed by atoms with Crippen molar-refractivity contribution < 1.29 is 4.79 Å². The minimum Gasteiger partial charge on any atom is -0.348 e. The van der Waals surface area contributed by atoms with Crippen molar-refractivity contribution in [2.75, 3.05) is 24.2 Å². The number of nitrogens with zero attached hydrogens (tertiary/aromatic N) is 2. The van der Waals surface area contributed by atoms with Crippen LogP contribution in [0.5, 0.6) is 0 Å². The molecule has 2 aromatic carbocycles. The number of aliphatic imine (C=N–C) groups is 1. The first-order chi connectivity index (χ1) is 12.1. The van der Waals surface area contributed by atoms with Gasteiger partial charge in [0.2, 0.25) is 0 Å². The number of hydrogen-bond donors (Lipinski definition) is 1. The largest absolute Gasteiger partial charge is 0.348 e. The van der Waals surface area contributed by atoms with Crippen molar-refractivity contribution in [2.45, 2.75) is 6.04 Å². The first-order valence-electron chi connectivity index (χ1n) is 7.91. The van der Waals surface area contributed by atoms with Crippen LogP contribution in [0.4, 0.5) is 5.69 Å². The molecule has 2 aliphatic heterocycles. The number of nitrogens with one attached hydrogen (secondary N) is 1. The molecule has 1 N–H and O–H groups in total. The van der Waals surface area contributed by atoms with Crippen molar-refractivity contribution in [3.63, 3.8) is 0 Å². The highest BCUT2D eigenvalue weighted by atomic mass is 79.9. The number of amides is 1. The van der Waals surface area contributed by atoms with E-state index in [1.807, 2.05) is 23.9 Å². The molecule has 0 aliphatic carbocycles. The molecule has 4 rings (SSSR count). The van der Waals surface area contributed by atoms with Gasteiger partial charge in [0.15, 0.2) is 5.17 Å². The van der Waals surface area contributed by atoms with Gasteiger partial charge in [-0.15, -0.1) is 0 Å². The topological polar surface area (TPSA) is 44.7 Å². The molecular formula is C18H15BrClN3OS. The fourth-order valence-electron chi connectivity index (χ4n) is 2.97. The highest BCUT2D eigenvalue weighted by Crippen LogP contribution is 2.34. The van der Waals surface area contributed by atoms with Gasteiger partial charge in [-0.1, -0.05) is 39.3 Å². The normalized spacial score (nSPS) is 18.9. The zero-order chi connectivity index (χ0) is 17.4. The smallest absolute Gasteiger partial charge is 0.255 e. The summed E-state index contributed by atoms with van der Waals surface area (Å²) < 4.78 is 0.927. The standard InChI is InChI=1S/C18H15BrClN3OS/c19-13-7-12(16-10-23-5-6-25-18(23)22-16)8-15(9-13)21-17(24)11-1-3-14(20)4-2-11/h1-4,7-9,16H,5-6,10H2,(H,21,24). The number of hydrogen-bond acceptors (Lipinski definition) is 4. The van der Waals surface area contributed by atoms with Gasteiger partial charge in [0.05, 0.1) is 6.04 Å². The van der Waals surface area contributed by atoms with E-state index in [0.29, 0.717) is 10.6 Å². The molecule has 0 saturated carbocycles. The van der Waals surface area contributed by atoms with Crippen LogP contribution in [-0.4, -0.2) is 34.8 Å². The van der Waals surface area contributed by atoms with Crippen LogP contribution in [0.1, 0.15) is 22.0 Å². The highest BCUT2D eigenvalue weighted by Gasteiger charge is 2.30. The molecule has 1 saturated heterocycles. The third kappa shape index (κ3) is 3.71.